The van der Waals surface area contributed by atoms with Crippen LogP contribution in [0, 0.1) is 5.41 Å². The summed E-state index contributed by atoms with van der Waals surface area (Å²) in [6.07, 6.45) is 1.37. The number of carbonyl (C=O) groups is 1. The maximum atomic E-state index is 11.8. The second kappa shape index (κ2) is 6.55. The molecule has 6 heteroatoms. The van der Waals surface area contributed by atoms with Gasteiger partial charge in [-0.1, -0.05) is 44.0 Å². The molecule has 0 saturated carbocycles. The molecule has 0 saturated heterocycles. The number of hydrogen-bond donors (Lipinski definition) is 2. The van der Waals surface area contributed by atoms with E-state index >= 15 is 0 Å². The number of aliphatic hydroxyl groups excluding tert-OH is 1. The maximum absolute atomic E-state index is 11.8. The Balaban J connectivity index is 2.53. The summed E-state index contributed by atoms with van der Waals surface area (Å²) >= 11 is 11.5. The van der Waals surface area contributed by atoms with Crippen LogP contribution in [0.5, 0.6) is 0 Å². The molecule has 0 spiro atoms. The van der Waals surface area contributed by atoms with Gasteiger partial charge in [0.2, 0.25) is 0 Å². The molecule has 0 aromatic carbocycles. The molecular weight excluding hydrogens is 287 g/mol. The fraction of sp³-hybridized carbons (Fsp3) is 0.538. The largest absolute Gasteiger partial charge is 0.391 e. The summed E-state index contributed by atoms with van der Waals surface area (Å²) in [7, 11) is 0. The highest BCUT2D eigenvalue weighted by Crippen LogP contribution is 2.21. The third-order valence-corrected chi connectivity index (χ3v) is 3.09. The zero-order chi connectivity index (χ0) is 14.6. The Morgan fingerprint density at radius 1 is 1.47 bits per heavy atom. The summed E-state index contributed by atoms with van der Waals surface area (Å²) in [5.41, 5.74) is 0.326. The lowest BCUT2D eigenvalue weighted by atomic mass is 9.89. The molecule has 1 heterocycles. The Hall–Kier alpha value is -0.840. The van der Waals surface area contributed by atoms with Crippen molar-refractivity contribution < 1.29 is 9.90 Å². The number of aliphatic hydroxyl groups is 1. The zero-order valence-corrected chi connectivity index (χ0v) is 12.7. The van der Waals surface area contributed by atoms with Crippen LogP contribution >= 0.6 is 23.2 Å². The second-order valence-corrected chi connectivity index (χ2v) is 6.39. The van der Waals surface area contributed by atoms with E-state index in [1.807, 2.05) is 20.8 Å². The van der Waals surface area contributed by atoms with Gasteiger partial charge in [0.1, 0.15) is 5.15 Å². The van der Waals surface area contributed by atoms with Crippen LogP contribution in [-0.4, -0.2) is 28.6 Å². The van der Waals surface area contributed by atoms with Crippen LogP contribution in [-0.2, 0) is 0 Å². The number of rotatable bonds is 4. The van der Waals surface area contributed by atoms with E-state index in [4.69, 9.17) is 23.2 Å². The molecule has 106 valence electrons. The first kappa shape index (κ1) is 16.2. The van der Waals surface area contributed by atoms with Gasteiger partial charge in [-0.05, 0) is 17.9 Å². The first-order valence-corrected chi connectivity index (χ1v) is 6.72. The number of halogens is 2. The average Bonchev–Trinajstić information content (AvgIpc) is 2.27. The SMILES string of the molecule is CC(C)(C)CC(O)CNC(=O)c1cnc(Cl)c(Cl)c1. The third kappa shape index (κ3) is 5.76. The van der Waals surface area contributed by atoms with E-state index < -0.39 is 6.10 Å². The van der Waals surface area contributed by atoms with Crippen molar-refractivity contribution >= 4 is 29.1 Å². The number of nitrogens with one attached hydrogen (secondary N) is 1. The predicted octanol–water partition coefficient (Wildman–Crippen LogP) is 2.92. The lowest BCUT2D eigenvalue weighted by Crippen LogP contribution is -2.34. The molecule has 0 radical (unpaired) electrons. The van der Waals surface area contributed by atoms with E-state index in [0.29, 0.717) is 12.0 Å². The van der Waals surface area contributed by atoms with Gasteiger partial charge in [-0.3, -0.25) is 4.79 Å². The second-order valence-electron chi connectivity index (χ2n) is 5.63. The standard InChI is InChI=1S/C13H18Cl2N2O2/c1-13(2,3)5-9(18)7-17-12(19)8-4-10(14)11(15)16-6-8/h4,6,9,18H,5,7H2,1-3H3,(H,17,19). The molecule has 1 aromatic heterocycles. The number of nitrogens with zero attached hydrogens (tertiary/aromatic N) is 1. The van der Waals surface area contributed by atoms with Gasteiger partial charge in [-0.2, -0.15) is 0 Å². The summed E-state index contributed by atoms with van der Waals surface area (Å²) in [6.45, 7) is 6.28. The molecule has 0 bridgehead atoms. The van der Waals surface area contributed by atoms with Gasteiger partial charge in [-0.15, -0.1) is 0 Å². The number of carbonyl (C=O) groups excluding carboxylic acids is 1. The molecule has 1 atom stereocenters. The fourth-order valence-electron chi connectivity index (χ4n) is 1.64. The summed E-state index contributed by atoms with van der Waals surface area (Å²) < 4.78 is 0. The highest BCUT2D eigenvalue weighted by Gasteiger charge is 2.17. The molecule has 0 fully saturated rings. The topological polar surface area (TPSA) is 62.2 Å². The summed E-state index contributed by atoms with van der Waals surface area (Å²) in [6, 6.07) is 1.45. The van der Waals surface area contributed by atoms with Crippen LogP contribution in [0.15, 0.2) is 12.3 Å². The van der Waals surface area contributed by atoms with E-state index in [1.165, 1.54) is 12.3 Å². The highest BCUT2D eigenvalue weighted by molar-refractivity contribution is 6.41. The van der Waals surface area contributed by atoms with E-state index in [1.54, 1.807) is 0 Å². The summed E-state index contributed by atoms with van der Waals surface area (Å²) in [4.78, 5) is 15.6. The molecule has 1 amide bonds. The van der Waals surface area contributed by atoms with Crippen molar-refractivity contribution in [2.24, 2.45) is 5.41 Å². The van der Waals surface area contributed by atoms with Crippen molar-refractivity contribution in [3.8, 4) is 0 Å². The van der Waals surface area contributed by atoms with Crippen molar-refractivity contribution in [1.29, 1.82) is 0 Å². The van der Waals surface area contributed by atoms with Crippen LogP contribution in [0.25, 0.3) is 0 Å². The average molecular weight is 305 g/mol. The van der Waals surface area contributed by atoms with Gasteiger partial charge < -0.3 is 10.4 Å². The first-order valence-electron chi connectivity index (χ1n) is 5.96. The van der Waals surface area contributed by atoms with Crippen molar-refractivity contribution in [3.05, 3.63) is 28.0 Å². The molecule has 4 nitrogen and oxygen atoms in total. The smallest absolute Gasteiger partial charge is 0.252 e. The third-order valence-electron chi connectivity index (χ3n) is 2.40. The lowest BCUT2D eigenvalue weighted by molar-refractivity contribution is 0.0868. The Morgan fingerprint density at radius 2 is 2.11 bits per heavy atom. The Kier molecular flexibility index (Phi) is 5.59. The first-order chi connectivity index (χ1) is 8.69. The van der Waals surface area contributed by atoms with Crippen LogP contribution in [0.2, 0.25) is 10.2 Å². The Morgan fingerprint density at radius 3 is 2.63 bits per heavy atom. The molecule has 1 unspecified atom stereocenters. The fourth-order valence-corrected chi connectivity index (χ4v) is 1.91. The minimum Gasteiger partial charge on any atom is -0.391 e. The van der Waals surface area contributed by atoms with Crippen LogP contribution in [0.4, 0.5) is 0 Å². The zero-order valence-electron chi connectivity index (χ0n) is 11.2. The van der Waals surface area contributed by atoms with Gasteiger partial charge in [-0.25, -0.2) is 4.98 Å². The molecule has 1 aromatic rings. The summed E-state index contributed by atoms with van der Waals surface area (Å²) in [5.74, 6) is -0.334. The van der Waals surface area contributed by atoms with Crippen molar-refractivity contribution in [3.63, 3.8) is 0 Å². The van der Waals surface area contributed by atoms with Crippen molar-refractivity contribution in [1.82, 2.24) is 10.3 Å². The quantitative estimate of drug-likeness (QED) is 0.841. The molecule has 19 heavy (non-hydrogen) atoms. The molecule has 0 aliphatic carbocycles. The predicted molar refractivity (Wildman–Crippen MR) is 76.7 cm³/mol. The van der Waals surface area contributed by atoms with Crippen LogP contribution in [0.1, 0.15) is 37.6 Å². The van der Waals surface area contributed by atoms with E-state index in [0.717, 1.165) is 0 Å². The van der Waals surface area contributed by atoms with Crippen molar-refractivity contribution in [2.75, 3.05) is 6.54 Å². The van der Waals surface area contributed by atoms with E-state index in [9.17, 15) is 9.90 Å². The van der Waals surface area contributed by atoms with Crippen molar-refractivity contribution in [2.45, 2.75) is 33.3 Å². The normalized spacial score (nSPS) is 13.2. The Labute approximate surface area is 123 Å². The van der Waals surface area contributed by atoms with E-state index in [-0.39, 0.29) is 28.0 Å². The molecule has 2 N–H and O–H groups in total. The number of aromatic nitrogens is 1. The van der Waals surface area contributed by atoms with Gasteiger partial charge in [0.05, 0.1) is 16.7 Å². The minimum atomic E-state index is -0.584. The lowest BCUT2D eigenvalue weighted by Gasteiger charge is -2.22. The molecule has 1 rings (SSSR count). The van der Waals surface area contributed by atoms with Crippen LogP contribution < -0.4 is 5.32 Å². The highest BCUT2D eigenvalue weighted by atomic mass is 35.5. The minimum absolute atomic E-state index is 0.00921. The number of hydrogen-bond acceptors (Lipinski definition) is 3. The number of amides is 1. The molecular formula is C13H18Cl2N2O2. The van der Waals surface area contributed by atoms with Gasteiger partial charge in [0.15, 0.2) is 0 Å². The van der Waals surface area contributed by atoms with Gasteiger partial charge in [0, 0.05) is 12.7 Å². The van der Waals surface area contributed by atoms with Crippen LogP contribution in [0.3, 0.4) is 0 Å². The molecule has 0 aliphatic heterocycles. The number of pyridine rings is 1. The summed E-state index contributed by atoms with van der Waals surface area (Å²) in [5, 5.41) is 12.8. The monoisotopic (exact) mass is 304 g/mol. The van der Waals surface area contributed by atoms with E-state index in [2.05, 4.69) is 10.3 Å². The van der Waals surface area contributed by atoms with Gasteiger partial charge >= 0.3 is 0 Å². The molecule has 0 aliphatic rings. The Bertz CT molecular complexity index is 458. The van der Waals surface area contributed by atoms with Gasteiger partial charge in [0.25, 0.3) is 5.91 Å². The maximum Gasteiger partial charge on any atom is 0.252 e.